The van der Waals surface area contributed by atoms with Crippen LogP contribution in [0.4, 0.5) is 0 Å². The fourth-order valence-corrected chi connectivity index (χ4v) is 2.74. The van der Waals surface area contributed by atoms with Crippen LogP contribution in [0.25, 0.3) is 11.3 Å². The molecule has 3 nitrogen and oxygen atoms in total. The van der Waals surface area contributed by atoms with Gasteiger partial charge in [-0.25, -0.2) is 4.98 Å². The Labute approximate surface area is 120 Å². The van der Waals surface area contributed by atoms with Gasteiger partial charge in [-0.2, -0.15) is 0 Å². The SMILES string of the molecule is CSc1ccc(-c2nc(CCN)n(C)c2Br)cc1. The summed E-state index contributed by atoms with van der Waals surface area (Å²) in [6, 6.07) is 8.43. The third-order valence-corrected chi connectivity index (χ3v) is 4.50. The molecule has 2 aromatic rings. The Hall–Kier alpha value is -0.780. The smallest absolute Gasteiger partial charge is 0.112 e. The molecule has 1 aromatic heterocycles. The highest BCUT2D eigenvalue weighted by molar-refractivity contribution is 9.10. The molecule has 0 saturated heterocycles. The van der Waals surface area contributed by atoms with Gasteiger partial charge in [0.15, 0.2) is 0 Å². The molecule has 1 aromatic carbocycles. The lowest BCUT2D eigenvalue weighted by atomic mass is 10.2. The number of aromatic nitrogens is 2. The van der Waals surface area contributed by atoms with Gasteiger partial charge in [-0.3, -0.25) is 0 Å². The Morgan fingerprint density at radius 3 is 2.56 bits per heavy atom. The fourth-order valence-electron chi connectivity index (χ4n) is 1.81. The van der Waals surface area contributed by atoms with E-state index in [1.165, 1.54) is 4.90 Å². The molecule has 0 unspecified atom stereocenters. The monoisotopic (exact) mass is 325 g/mol. The number of rotatable bonds is 4. The first kappa shape index (κ1) is 13.6. The van der Waals surface area contributed by atoms with Crippen LogP contribution in [0.15, 0.2) is 33.8 Å². The van der Waals surface area contributed by atoms with Gasteiger partial charge in [-0.1, -0.05) is 12.1 Å². The predicted octanol–water partition coefficient (Wildman–Crippen LogP) is 3.07. The van der Waals surface area contributed by atoms with Gasteiger partial charge in [0.2, 0.25) is 0 Å². The molecule has 0 amide bonds. The molecule has 0 atom stereocenters. The molecular formula is C13H16BrN3S. The number of imidazole rings is 1. The third kappa shape index (κ3) is 2.63. The Morgan fingerprint density at radius 1 is 1.33 bits per heavy atom. The van der Waals surface area contributed by atoms with Crippen molar-refractivity contribution in [1.29, 1.82) is 0 Å². The number of hydrogen-bond donors (Lipinski definition) is 1. The van der Waals surface area contributed by atoms with Crippen LogP contribution in [0.3, 0.4) is 0 Å². The van der Waals surface area contributed by atoms with Crippen LogP contribution < -0.4 is 5.73 Å². The predicted molar refractivity (Wildman–Crippen MR) is 80.9 cm³/mol. The van der Waals surface area contributed by atoms with Gasteiger partial charge in [-0.15, -0.1) is 11.8 Å². The van der Waals surface area contributed by atoms with Crippen LogP contribution in [-0.4, -0.2) is 22.4 Å². The highest BCUT2D eigenvalue weighted by Gasteiger charge is 2.13. The number of nitrogens with zero attached hydrogens (tertiary/aromatic N) is 2. The second-order valence-electron chi connectivity index (χ2n) is 3.99. The third-order valence-electron chi connectivity index (χ3n) is 2.85. The summed E-state index contributed by atoms with van der Waals surface area (Å²) in [6.45, 7) is 0.613. The van der Waals surface area contributed by atoms with Gasteiger partial charge in [0.25, 0.3) is 0 Å². The maximum atomic E-state index is 5.59. The van der Waals surface area contributed by atoms with Gasteiger partial charge in [-0.05, 0) is 40.9 Å². The van der Waals surface area contributed by atoms with Gasteiger partial charge in [0.05, 0.1) is 0 Å². The van der Waals surface area contributed by atoms with Crippen molar-refractivity contribution in [3.05, 3.63) is 34.7 Å². The lowest BCUT2D eigenvalue weighted by molar-refractivity contribution is 0.767. The first-order valence-corrected chi connectivity index (χ1v) is 7.74. The number of hydrogen-bond acceptors (Lipinski definition) is 3. The fraction of sp³-hybridized carbons (Fsp3) is 0.308. The Bertz CT molecular complexity index is 534. The highest BCUT2D eigenvalue weighted by atomic mass is 79.9. The van der Waals surface area contributed by atoms with Crippen molar-refractivity contribution in [2.24, 2.45) is 12.8 Å². The van der Waals surface area contributed by atoms with Crippen molar-refractivity contribution >= 4 is 27.7 Å². The van der Waals surface area contributed by atoms with Gasteiger partial charge in [0.1, 0.15) is 16.1 Å². The molecule has 0 aliphatic carbocycles. The number of thioether (sulfide) groups is 1. The molecule has 2 rings (SSSR count). The summed E-state index contributed by atoms with van der Waals surface area (Å²) >= 11 is 5.34. The van der Waals surface area contributed by atoms with Gasteiger partial charge < -0.3 is 10.3 Å². The van der Waals surface area contributed by atoms with Crippen LogP contribution in [0.2, 0.25) is 0 Å². The molecule has 2 N–H and O–H groups in total. The van der Waals surface area contributed by atoms with Crippen molar-refractivity contribution in [2.75, 3.05) is 12.8 Å². The zero-order valence-electron chi connectivity index (χ0n) is 10.5. The first-order valence-electron chi connectivity index (χ1n) is 5.73. The molecule has 0 saturated carbocycles. The van der Waals surface area contributed by atoms with E-state index in [1.807, 2.05) is 11.6 Å². The lowest BCUT2D eigenvalue weighted by Crippen LogP contribution is -2.07. The summed E-state index contributed by atoms with van der Waals surface area (Å²) < 4.78 is 3.05. The minimum atomic E-state index is 0.613. The molecule has 1 heterocycles. The summed E-state index contributed by atoms with van der Waals surface area (Å²) in [7, 11) is 2.00. The van der Waals surface area contributed by atoms with E-state index in [9.17, 15) is 0 Å². The van der Waals surface area contributed by atoms with E-state index in [0.29, 0.717) is 6.54 Å². The van der Waals surface area contributed by atoms with Crippen molar-refractivity contribution < 1.29 is 0 Å². The van der Waals surface area contributed by atoms with Crippen LogP contribution in [-0.2, 0) is 13.5 Å². The first-order chi connectivity index (χ1) is 8.67. The molecule has 0 bridgehead atoms. The number of benzene rings is 1. The Morgan fingerprint density at radius 2 is 2.00 bits per heavy atom. The van der Waals surface area contributed by atoms with E-state index in [1.54, 1.807) is 11.8 Å². The second kappa shape index (κ2) is 5.91. The summed E-state index contributed by atoms with van der Waals surface area (Å²) in [4.78, 5) is 5.91. The highest BCUT2D eigenvalue weighted by Crippen LogP contribution is 2.29. The molecule has 0 fully saturated rings. The van der Waals surface area contributed by atoms with Crippen molar-refractivity contribution in [2.45, 2.75) is 11.3 Å². The Kier molecular flexibility index (Phi) is 4.48. The topological polar surface area (TPSA) is 43.8 Å². The minimum Gasteiger partial charge on any atom is -0.330 e. The van der Waals surface area contributed by atoms with Crippen LogP contribution >= 0.6 is 27.7 Å². The van der Waals surface area contributed by atoms with Crippen molar-refractivity contribution in [3.8, 4) is 11.3 Å². The van der Waals surface area contributed by atoms with Crippen molar-refractivity contribution in [1.82, 2.24) is 9.55 Å². The van der Waals surface area contributed by atoms with Crippen molar-refractivity contribution in [3.63, 3.8) is 0 Å². The summed E-state index contributed by atoms with van der Waals surface area (Å²) in [6.07, 6.45) is 2.86. The molecule has 0 spiro atoms. The standard InChI is InChI=1S/C13H16BrN3S/c1-17-11(7-8-15)16-12(13(17)14)9-3-5-10(18-2)6-4-9/h3-6H,7-8,15H2,1-2H3. The summed E-state index contributed by atoms with van der Waals surface area (Å²) in [5.74, 6) is 1.01. The van der Waals surface area contributed by atoms with Crippen LogP contribution in [0.1, 0.15) is 5.82 Å². The Balaban J connectivity index is 2.40. The molecule has 96 valence electrons. The molecule has 0 aliphatic heterocycles. The minimum absolute atomic E-state index is 0.613. The molecule has 18 heavy (non-hydrogen) atoms. The van der Waals surface area contributed by atoms with E-state index in [4.69, 9.17) is 5.73 Å². The summed E-state index contributed by atoms with van der Waals surface area (Å²) in [5.41, 5.74) is 7.70. The van der Waals surface area contributed by atoms with E-state index in [0.717, 1.165) is 28.1 Å². The van der Waals surface area contributed by atoms with E-state index in [2.05, 4.69) is 51.4 Å². The van der Waals surface area contributed by atoms with E-state index in [-0.39, 0.29) is 0 Å². The maximum Gasteiger partial charge on any atom is 0.112 e. The quantitative estimate of drug-likeness (QED) is 0.878. The van der Waals surface area contributed by atoms with Gasteiger partial charge >= 0.3 is 0 Å². The molecule has 0 radical (unpaired) electrons. The largest absolute Gasteiger partial charge is 0.330 e. The molecule has 0 aliphatic rings. The average Bonchev–Trinajstić information content (AvgIpc) is 2.68. The zero-order valence-corrected chi connectivity index (χ0v) is 12.9. The zero-order chi connectivity index (χ0) is 13.1. The second-order valence-corrected chi connectivity index (χ2v) is 5.62. The normalized spacial score (nSPS) is 10.9. The number of nitrogens with two attached hydrogens (primary N) is 1. The van der Waals surface area contributed by atoms with Crippen LogP contribution in [0.5, 0.6) is 0 Å². The lowest BCUT2D eigenvalue weighted by Gasteiger charge is -2.01. The molecular weight excluding hydrogens is 310 g/mol. The summed E-state index contributed by atoms with van der Waals surface area (Å²) in [5, 5.41) is 0. The van der Waals surface area contributed by atoms with Gasteiger partial charge in [0, 0.05) is 23.9 Å². The maximum absolute atomic E-state index is 5.59. The van der Waals surface area contributed by atoms with Crippen LogP contribution in [0, 0.1) is 0 Å². The number of halogens is 1. The average molecular weight is 326 g/mol. The van der Waals surface area contributed by atoms with E-state index < -0.39 is 0 Å². The molecule has 5 heteroatoms. The van der Waals surface area contributed by atoms with E-state index >= 15 is 0 Å².